The Bertz CT molecular complexity index is 375. The van der Waals surface area contributed by atoms with Gasteiger partial charge in [-0.05, 0) is 27.7 Å². The minimum absolute atomic E-state index is 0.411. The average Bonchev–Trinajstić information content (AvgIpc) is 2.38. The van der Waals surface area contributed by atoms with E-state index in [9.17, 15) is 14.2 Å². The SMILES string of the molecule is CC(C)OC(=O)OCOOP(=O)(O)OOCOC(=O)OC(C)C. The van der Waals surface area contributed by atoms with Crippen LogP contribution in [0.3, 0.4) is 0 Å². The molecule has 136 valence electrons. The molecule has 0 spiro atoms. The lowest BCUT2D eigenvalue weighted by Crippen LogP contribution is -2.15. The van der Waals surface area contributed by atoms with Gasteiger partial charge >= 0.3 is 20.1 Å². The highest BCUT2D eigenvalue weighted by Gasteiger charge is 2.25. The third kappa shape index (κ3) is 13.9. The van der Waals surface area contributed by atoms with Crippen molar-refractivity contribution in [3.8, 4) is 0 Å². The van der Waals surface area contributed by atoms with Gasteiger partial charge < -0.3 is 18.9 Å². The summed E-state index contributed by atoms with van der Waals surface area (Å²) in [6.45, 7) is 4.68. The van der Waals surface area contributed by atoms with E-state index < -0.39 is 45.9 Å². The van der Waals surface area contributed by atoms with Crippen molar-refractivity contribution >= 4 is 20.1 Å². The predicted octanol–water partition coefficient (Wildman–Crippen LogP) is 2.02. The fourth-order valence-corrected chi connectivity index (χ4v) is 1.16. The van der Waals surface area contributed by atoms with Gasteiger partial charge in [0.25, 0.3) is 0 Å². The number of carbonyl (C=O) groups excluding carboxylic acids is 2. The van der Waals surface area contributed by atoms with Crippen LogP contribution in [0.2, 0.25) is 0 Å². The molecular formula is C10H19O12P. The molecule has 0 radical (unpaired) electrons. The van der Waals surface area contributed by atoms with Crippen LogP contribution in [-0.4, -0.2) is 43.0 Å². The highest BCUT2D eigenvalue weighted by atomic mass is 31.2. The van der Waals surface area contributed by atoms with E-state index >= 15 is 0 Å². The fraction of sp³-hybridized carbons (Fsp3) is 0.800. The minimum atomic E-state index is -4.78. The Morgan fingerprint density at radius 1 is 0.870 bits per heavy atom. The van der Waals surface area contributed by atoms with Gasteiger partial charge in [0, 0.05) is 0 Å². The zero-order chi connectivity index (χ0) is 17.9. The van der Waals surface area contributed by atoms with Crippen molar-refractivity contribution in [2.75, 3.05) is 13.6 Å². The molecule has 13 heteroatoms. The summed E-state index contributed by atoms with van der Waals surface area (Å²) in [4.78, 5) is 39.1. The number of hydrogen-bond donors (Lipinski definition) is 1. The van der Waals surface area contributed by atoms with Crippen molar-refractivity contribution < 1.29 is 57.1 Å². The fourth-order valence-electron chi connectivity index (χ4n) is 0.786. The molecule has 23 heavy (non-hydrogen) atoms. The summed E-state index contributed by atoms with van der Waals surface area (Å²) in [7, 11) is -4.78. The second kappa shape index (κ2) is 11.2. The maximum absolute atomic E-state index is 11.2. The zero-order valence-electron chi connectivity index (χ0n) is 13.0. The van der Waals surface area contributed by atoms with Crippen LogP contribution in [-0.2, 0) is 42.6 Å². The highest BCUT2D eigenvalue weighted by molar-refractivity contribution is 7.47. The predicted molar refractivity (Wildman–Crippen MR) is 69.3 cm³/mol. The maximum atomic E-state index is 11.2. The Balaban J connectivity index is 3.75. The molecule has 0 unspecified atom stereocenters. The van der Waals surface area contributed by atoms with E-state index in [1.807, 2.05) is 0 Å². The van der Waals surface area contributed by atoms with E-state index in [4.69, 9.17) is 4.89 Å². The van der Waals surface area contributed by atoms with Crippen LogP contribution >= 0.6 is 7.82 Å². The number of ether oxygens (including phenoxy) is 4. The number of hydrogen-bond acceptors (Lipinski definition) is 11. The van der Waals surface area contributed by atoms with Gasteiger partial charge in [-0.3, -0.25) is 4.89 Å². The number of phosphoric acid groups is 1. The van der Waals surface area contributed by atoms with Gasteiger partial charge in [-0.15, -0.1) is 9.35 Å². The summed E-state index contributed by atoms with van der Waals surface area (Å²) in [5.74, 6) is 0. The van der Waals surface area contributed by atoms with Crippen LogP contribution < -0.4 is 0 Å². The van der Waals surface area contributed by atoms with E-state index in [1.165, 1.54) is 0 Å². The molecule has 0 aromatic heterocycles. The molecule has 0 aromatic rings. The first-order valence-corrected chi connectivity index (χ1v) is 7.74. The number of rotatable bonds is 10. The summed E-state index contributed by atoms with van der Waals surface area (Å²) in [6.07, 6.45) is -2.95. The molecule has 0 saturated heterocycles. The maximum Gasteiger partial charge on any atom is 0.527 e. The first-order valence-electron chi connectivity index (χ1n) is 6.24. The molecular weight excluding hydrogens is 343 g/mol. The summed E-state index contributed by atoms with van der Waals surface area (Å²) < 4.78 is 36.8. The highest BCUT2D eigenvalue weighted by Crippen LogP contribution is 2.43. The minimum Gasteiger partial charge on any atom is -0.432 e. The molecule has 0 atom stereocenters. The van der Waals surface area contributed by atoms with Crippen LogP contribution in [0.15, 0.2) is 0 Å². The lowest BCUT2D eigenvalue weighted by atomic mass is 10.5. The molecule has 0 aliphatic heterocycles. The van der Waals surface area contributed by atoms with Gasteiger partial charge in [0.05, 0.1) is 12.2 Å². The van der Waals surface area contributed by atoms with Gasteiger partial charge in [-0.25, -0.2) is 14.2 Å². The van der Waals surface area contributed by atoms with Crippen molar-refractivity contribution in [3.63, 3.8) is 0 Å². The van der Waals surface area contributed by atoms with Gasteiger partial charge in [-0.1, -0.05) is 0 Å². The van der Waals surface area contributed by atoms with Gasteiger partial charge in [0.15, 0.2) is 0 Å². The molecule has 0 rings (SSSR count). The van der Waals surface area contributed by atoms with Crippen LogP contribution in [0, 0.1) is 0 Å². The normalized spacial score (nSPS) is 11.4. The standard InChI is InChI=1S/C10H19O12P/c1-7(2)19-9(11)15-5-17-21-23(13,14)22-18-6-16-10(12)20-8(3)4/h7-8H,5-6H2,1-4H3,(H,13,14). The quantitative estimate of drug-likeness (QED) is 0.151. The van der Waals surface area contributed by atoms with Crippen molar-refractivity contribution in [1.29, 1.82) is 0 Å². The second-order valence-corrected chi connectivity index (χ2v) is 5.45. The Kier molecular flexibility index (Phi) is 10.5. The summed E-state index contributed by atoms with van der Waals surface area (Å²) in [6, 6.07) is 0. The third-order valence-electron chi connectivity index (χ3n) is 1.41. The van der Waals surface area contributed by atoms with Gasteiger partial charge in [0.1, 0.15) is 0 Å². The molecule has 1 N–H and O–H groups in total. The first-order chi connectivity index (χ1) is 10.6. The van der Waals surface area contributed by atoms with Crippen molar-refractivity contribution in [2.24, 2.45) is 0 Å². The van der Waals surface area contributed by atoms with Gasteiger partial charge in [-0.2, -0.15) is 9.78 Å². The molecule has 12 nitrogen and oxygen atoms in total. The van der Waals surface area contributed by atoms with Crippen molar-refractivity contribution in [2.45, 2.75) is 39.9 Å². The van der Waals surface area contributed by atoms with Crippen molar-refractivity contribution in [3.05, 3.63) is 0 Å². The molecule has 0 aliphatic carbocycles. The zero-order valence-corrected chi connectivity index (χ0v) is 13.8. The Labute approximate surface area is 131 Å². The monoisotopic (exact) mass is 362 g/mol. The van der Waals surface area contributed by atoms with Crippen molar-refractivity contribution in [1.82, 2.24) is 0 Å². The smallest absolute Gasteiger partial charge is 0.432 e. The van der Waals surface area contributed by atoms with E-state index in [0.717, 1.165) is 0 Å². The summed E-state index contributed by atoms with van der Waals surface area (Å²) >= 11 is 0. The summed E-state index contributed by atoms with van der Waals surface area (Å²) in [5.41, 5.74) is 0. The Morgan fingerprint density at radius 2 is 1.22 bits per heavy atom. The number of carbonyl (C=O) groups is 2. The molecule has 0 amide bonds. The van der Waals surface area contributed by atoms with Crippen LogP contribution in [0.1, 0.15) is 27.7 Å². The molecule has 0 bridgehead atoms. The molecule has 0 saturated carbocycles. The van der Waals surface area contributed by atoms with E-state index in [1.54, 1.807) is 27.7 Å². The first kappa shape index (κ1) is 21.6. The average molecular weight is 362 g/mol. The van der Waals surface area contributed by atoms with E-state index in [0.29, 0.717) is 0 Å². The Morgan fingerprint density at radius 3 is 1.52 bits per heavy atom. The molecule has 0 aliphatic rings. The lowest BCUT2D eigenvalue weighted by molar-refractivity contribution is -0.316. The molecule has 0 aromatic carbocycles. The van der Waals surface area contributed by atoms with E-state index in [-0.39, 0.29) is 0 Å². The molecule has 0 heterocycles. The molecule has 0 fully saturated rings. The Hall–Kier alpha value is -1.43. The second-order valence-electron chi connectivity index (χ2n) is 4.21. The van der Waals surface area contributed by atoms with E-state index in [2.05, 4.69) is 38.1 Å². The van der Waals surface area contributed by atoms with Crippen LogP contribution in [0.25, 0.3) is 0 Å². The van der Waals surface area contributed by atoms with Crippen LogP contribution in [0.5, 0.6) is 0 Å². The lowest BCUT2D eigenvalue weighted by Gasteiger charge is -2.11. The van der Waals surface area contributed by atoms with Crippen LogP contribution in [0.4, 0.5) is 9.59 Å². The third-order valence-corrected chi connectivity index (χ3v) is 2.00. The summed E-state index contributed by atoms with van der Waals surface area (Å²) in [5, 5.41) is 0. The largest absolute Gasteiger partial charge is 0.527 e. The topological polar surface area (TPSA) is 145 Å². The van der Waals surface area contributed by atoms with Gasteiger partial charge in [0.2, 0.25) is 13.6 Å².